The Morgan fingerprint density at radius 2 is 1.88 bits per heavy atom. The van der Waals surface area contributed by atoms with Crippen molar-refractivity contribution in [1.82, 2.24) is 5.32 Å². The topological polar surface area (TPSA) is 111 Å². The molecule has 0 aliphatic rings. The normalized spacial score (nSPS) is 12.5. The minimum Gasteiger partial charge on any atom is -0.467 e. The standard InChI is InChI=1S/C18H24N2O6/c1-5-11(2)16(18(24)25-4)20-15(22)10-26-17(23)13-7-6-8-14(9-13)19-12(3)21/h6-9,11,16H,5,10H2,1-4H3,(H,19,21)(H,20,22). The summed E-state index contributed by atoms with van der Waals surface area (Å²) in [6.45, 7) is 4.51. The van der Waals surface area contributed by atoms with Crippen LogP contribution in [-0.2, 0) is 23.9 Å². The Morgan fingerprint density at radius 1 is 1.19 bits per heavy atom. The minimum absolute atomic E-state index is 0.128. The molecular weight excluding hydrogens is 340 g/mol. The highest BCUT2D eigenvalue weighted by Crippen LogP contribution is 2.12. The lowest BCUT2D eigenvalue weighted by atomic mass is 9.99. The maximum Gasteiger partial charge on any atom is 0.338 e. The van der Waals surface area contributed by atoms with E-state index in [0.29, 0.717) is 12.1 Å². The number of esters is 2. The van der Waals surface area contributed by atoms with Crippen LogP contribution in [0.3, 0.4) is 0 Å². The predicted molar refractivity (Wildman–Crippen MR) is 94.4 cm³/mol. The molecule has 0 radical (unpaired) electrons. The monoisotopic (exact) mass is 364 g/mol. The third-order valence-corrected chi connectivity index (χ3v) is 3.74. The summed E-state index contributed by atoms with van der Waals surface area (Å²) in [4.78, 5) is 46.8. The van der Waals surface area contributed by atoms with Gasteiger partial charge < -0.3 is 20.1 Å². The highest BCUT2D eigenvalue weighted by Gasteiger charge is 2.27. The van der Waals surface area contributed by atoms with Crippen molar-refractivity contribution in [3.63, 3.8) is 0 Å². The average Bonchev–Trinajstić information content (AvgIpc) is 2.62. The third kappa shape index (κ3) is 6.54. The molecule has 1 aromatic rings. The van der Waals surface area contributed by atoms with Crippen LogP contribution in [0.25, 0.3) is 0 Å². The van der Waals surface area contributed by atoms with E-state index in [1.54, 1.807) is 19.1 Å². The summed E-state index contributed by atoms with van der Waals surface area (Å²) in [6.07, 6.45) is 0.662. The first-order valence-electron chi connectivity index (χ1n) is 8.20. The fraction of sp³-hybridized carbons (Fsp3) is 0.444. The zero-order valence-electron chi connectivity index (χ0n) is 15.3. The lowest BCUT2D eigenvalue weighted by Gasteiger charge is -2.21. The number of nitrogens with one attached hydrogen (secondary N) is 2. The molecule has 26 heavy (non-hydrogen) atoms. The van der Waals surface area contributed by atoms with Crippen LogP contribution < -0.4 is 10.6 Å². The molecule has 2 amide bonds. The number of ether oxygens (including phenoxy) is 2. The number of benzene rings is 1. The predicted octanol–water partition coefficient (Wildman–Crippen LogP) is 1.51. The Kier molecular flexibility index (Phi) is 8.27. The van der Waals surface area contributed by atoms with Crippen LogP contribution in [0.15, 0.2) is 24.3 Å². The molecule has 0 aromatic heterocycles. The fourth-order valence-electron chi connectivity index (χ4n) is 2.15. The first-order valence-corrected chi connectivity index (χ1v) is 8.20. The van der Waals surface area contributed by atoms with Gasteiger partial charge in [0.25, 0.3) is 5.91 Å². The number of amides is 2. The van der Waals surface area contributed by atoms with Crippen molar-refractivity contribution in [1.29, 1.82) is 0 Å². The Labute approximate surface area is 152 Å². The van der Waals surface area contributed by atoms with Crippen LogP contribution in [0, 0.1) is 5.92 Å². The zero-order chi connectivity index (χ0) is 19.7. The van der Waals surface area contributed by atoms with Crippen LogP contribution in [0.4, 0.5) is 5.69 Å². The molecule has 8 heteroatoms. The molecule has 2 unspecified atom stereocenters. The third-order valence-electron chi connectivity index (χ3n) is 3.74. The molecule has 8 nitrogen and oxygen atoms in total. The summed E-state index contributed by atoms with van der Waals surface area (Å²) >= 11 is 0. The molecule has 0 heterocycles. The van der Waals surface area contributed by atoms with E-state index in [4.69, 9.17) is 4.74 Å². The second-order valence-corrected chi connectivity index (χ2v) is 5.79. The quantitative estimate of drug-likeness (QED) is 0.677. The Morgan fingerprint density at radius 3 is 2.46 bits per heavy atom. The van der Waals surface area contributed by atoms with Crippen molar-refractivity contribution in [2.24, 2.45) is 5.92 Å². The van der Waals surface area contributed by atoms with E-state index in [-0.39, 0.29) is 17.4 Å². The fourth-order valence-corrected chi connectivity index (χ4v) is 2.15. The Balaban J connectivity index is 2.64. The van der Waals surface area contributed by atoms with Gasteiger partial charge in [-0.1, -0.05) is 26.3 Å². The lowest BCUT2D eigenvalue weighted by molar-refractivity contribution is -0.147. The molecule has 0 fully saturated rings. The number of hydrogen-bond donors (Lipinski definition) is 2. The molecule has 0 saturated heterocycles. The van der Waals surface area contributed by atoms with E-state index < -0.39 is 30.5 Å². The van der Waals surface area contributed by atoms with Gasteiger partial charge in [-0.05, 0) is 24.1 Å². The minimum atomic E-state index is -0.806. The molecule has 2 atom stereocenters. The molecule has 0 saturated carbocycles. The summed E-state index contributed by atoms with van der Waals surface area (Å²) < 4.78 is 9.64. The van der Waals surface area contributed by atoms with Crippen LogP contribution in [-0.4, -0.2) is 43.5 Å². The molecular formula is C18H24N2O6. The molecule has 0 bridgehead atoms. The molecule has 0 aliphatic heterocycles. The van der Waals surface area contributed by atoms with Crippen molar-refractivity contribution in [2.75, 3.05) is 19.0 Å². The summed E-state index contributed by atoms with van der Waals surface area (Å²) in [5.74, 6) is -2.27. The van der Waals surface area contributed by atoms with E-state index in [1.807, 2.05) is 6.92 Å². The SMILES string of the molecule is CCC(C)C(NC(=O)COC(=O)c1cccc(NC(C)=O)c1)C(=O)OC. The van der Waals surface area contributed by atoms with Gasteiger partial charge in [-0.15, -0.1) is 0 Å². The van der Waals surface area contributed by atoms with Gasteiger partial charge >= 0.3 is 11.9 Å². The molecule has 2 N–H and O–H groups in total. The van der Waals surface area contributed by atoms with E-state index in [2.05, 4.69) is 15.4 Å². The summed E-state index contributed by atoms with van der Waals surface area (Å²) in [7, 11) is 1.24. The molecule has 0 aliphatic carbocycles. The lowest BCUT2D eigenvalue weighted by Crippen LogP contribution is -2.47. The van der Waals surface area contributed by atoms with Crippen molar-refractivity contribution in [3.05, 3.63) is 29.8 Å². The van der Waals surface area contributed by atoms with Crippen molar-refractivity contribution < 1.29 is 28.7 Å². The van der Waals surface area contributed by atoms with E-state index in [1.165, 1.54) is 26.2 Å². The zero-order valence-corrected chi connectivity index (χ0v) is 15.3. The number of carbonyl (C=O) groups excluding carboxylic acids is 4. The molecule has 0 spiro atoms. The van der Waals surface area contributed by atoms with E-state index in [9.17, 15) is 19.2 Å². The van der Waals surface area contributed by atoms with Crippen LogP contribution in [0.5, 0.6) is 0 Å². The molecule has 1 aromatic carbocycles. The Bertz CT molecular complexity index is 673. The highest BCUT2D eigenvalue weighted by atomic mass is 16.5. The maximum absolute atomic E-state index is 12.0. The largest absolute Gasteiger partial charge is 0.467 e. The number of methoxy groups -OCH3 is 1. The van der Waals surface area contributed by atoms with Gasteiger partial charge in [-0.3, -0.25) is 9.59 Å². The van der Waals surface area contributed by atoms with Crippen LogP contribution in [0.1, 0.15) is 37.6 Å². The first kappa shape index (κ1) is 21.1. The summed E-state index contributed by atoms with van der Waals surface area (Å²) in [5, 5.41) is 5.07. The summed E-state index contributed by atoms with van der Waals surface area (Å²) in [6, 6.07) is 5.34. The van der Waals surface area contributed by atoms with Crippen LogP contribution in [0.2, 0.25) is 0 Å². The van der Waals surface area contributed by atoms with Gasteiger partial charge in [0.2, 0.25) is 5.91 Å². The highest BCUT2D eigenvalue weighted by molar-refractivity contribution is 5.95. The van der Waals surface area contributed by atoms with Gasteiger partial charge in [-0.2, -0.15) is 0 Å². The van der Waals surface area contributed by atoms with Crippen molar-refractivity contribution in [2.45, 2.75) is 33.2 Å². The van der Waals surface area contributed by atoms with E-state index >= 15 is 0 Å². The second kappa shape index (κ2) is 10.2. The average molecular weight is 364 g/mol. The van der Waals surface area contributed by atoms with Gasteiger partial charge in [0, 0.05) is 12.6 Å². The van der Waals surface area contributed by atoms with Gasteiger partial charge in [0.1, 0.15) is 6.04 Å². The van der Waals surface area contributed by atoms with Crippen LogP contribution >= 0.6 is 0 Å². The van der Waals surface area contributed by atoms with Gasteiger partial charge in [0.15, 0.2) is 6.61 Å². The maximum atomic E-state index is 12.0. The number of hydrogen-bond acceptors (Lipinski definition) is 6. The number of rotatable bonds is 8. The van der Waals surface area contributed by atoms with Gasteiger partial charge in [0.05, 0.1) is 12.7 Å². The molecule has 142 valence electrons. The van der Waals surface area contributed by atoms with Crippen molar-refractivity contribution >= 4 is 29.4 Å². The smallest absolute Gasteiger partial charge is 0.338 e. The Hall–Kier alpha value is -2.90. The van der Waals surface area contributed by atoms with E-state index in [0.717, 1.165) is 0 Å². The second-order valence-electron chi connectivity index (χ2n) is 5.79. The number of carbonyl (C=O) groups is 4. The summed E-state index contributed by atoms with van der Waals surface area (Å²) in [5.41, 5.74) is 0.634. The first-order chi connectivity index (χ1) is 12.3. The van der Waals surface area contributed by atoms with Crippen molar-refractivity contribution in [3.8, 4) is 0 Å². The molecule has 1 rings (SSSR count). The van der Waals surface area contributed by atoms with Gasteiger partial charge in [-0.25, -0.2) is 9.59 Å². The number of anilines is 1.